The Morgan fingerprint density at radius 1 is 0.380 bits per heavy atom. The summed E-state index contributed by atoms with van der Waals surface area (Å²) < 4.78 is 5.00. The van der Waals surface area contributed by atoms with Crippen molar-refractivity contribution >= 4 is 53.3 Å². The average Bonchev–Trinajstić information content (AvgIpc) is 3.75. The lowest BCUT2D eigenvalue weighted by Gasteiger charge is -2.12. The summed E-state index contributed by atoms with van der Waals surface area (Å²) in [7, 11) is 0. The Labute approximate surface area is 292 Å². The topological polar surface area (TPSA) is 43.6 Å². The number of hydrogen-bond donors (Lipinski definition) is 0. The van der Waals surface area contributed by atoms with Crippen LogP contribution >= 0.6 is 11.3 Å². The number of thiophene rings is 1. The summed E-state index contributed by atoms with van der Waals surface area (Å²) in [5.74, 6) is 1.92. The number of rotatable bonds is 5. The van der Waals surface area contributed by atoms with Crippen molar-refractivity contribution in [3.05, 3.63) is 170 Å². The van der Waals surface area contributed by atoms with Gasteiger partial charge in [-0.05, 0) is 35.4 Å². The predicted octanol–water partition coefficient (Wildman–Crippen LogP) is 12.0. The summed E-state index contributed by atoms with van der Waals surface area (Å²) in [4.78, 5) is 15.1. The van der Waals surface area contributed by atoms with E-state index in [0.29, 0.717) is 17.5 Å². The minimum Gasteiger partial charge on any atom is -0.308 e. The van der Waals surface area contributed by atoms with Crippen LogP contribution in [0.1, 0.15) is 0 Å². The Hall–Kier alpha value is -6.43. The molecule has 10 aromatic rings. The maximum Gasteiger partial charge on any atom is 0.164 e. The van der Waals surface area contributed by atoms with Gasteiger partial charge >= 0.3 is 0 Å². The third-order valence-electron chi connectivity index (χ3n) is 9.46. The van der Waals surface area contributed by atoms with Crippen molar-refractivity contribution in [1.82, 2.24) is 19.5 Å². The quantitative estimate of drug-likeness (QED) is 0.185. The van der Waals surface area contributed by atoms with Crippen molar-refractivity contribution in [1.29, 1.82) is 0 Å². The molecule has 234 valence electrons. The van der Waals surface area contributed by atoms with E-state index in [0.717, 1.165) is 27.9 Å². The van der Waals surface area contributed by atoms with E-state index in [9.17, 15) is 0 Å². The minimum absolute atomic E-state index is 0.635. The molecule has 0 bridgehead atoms. The highest BCUT2D eigenvalue weighted by molar-refractivity contribution is 7.26. The van der Waals surface area contributed by atoms with Crippen molar-refractivity contribution in [3.63, 3.8) is 0 Å². The molecule has 0 spiro atoms. The molecule has 0 aliphatic heterocycles. The van der Waals surface area contributed by atoms with E-state index in [1.165, 1.54) is 47.5 Å². The van der Waals surface area contributed by atoms with Crippen LogP contribution in [0.2, 0.25) is 0 Å². The molecule has 5 heteroatoms. The fraction of sp³-hybridized carbons (Fsp3) is 0. The summed E-state index contributed by atoms with van der Waals surface area (Å²) in [6.07, 6.45) is 0. The lowest BCUT2D eigenvalue weighted by molar-refractivity contribution is 1.07. The fourth-order valence-corrected chi connectivity index (χ4v) is 8.32. The van der Waals surface area contributed by atoms with Gasteiger partial charge in [0.1, 0.15) is 0 Å². The summed E-state index contributed by atoms with van der Waals surface area (Å²) in [6, 6.07) is 59.6. The van der Waals surface area contributed by atoms with Crippen LogP contribution in [0.3, 0.4) is 0 Å². The summed E-state index contributed by atoms with van der Waals surface area (Å²) >= 11 is 1.86. The maximum absolute atomic E-state index is 5.10. The number of nitrogens with zero attached hydrogens (tertiary/aromatic N) is 4. The zero-order valence-corrected chi connectivity index (χ0v) is 27.7. The van der Waals surface area contributed by atoms with Crippen molar-refractivity contribution in [2.45, 2.75) is 0 Å². The molecule has 0 saturated heterocycles. The number of fused-ring (bicyclic) bond motifs is 7. The second-order valence-electron chi connectivity index (χ2n) is 12.5. The van der Waals surface area contributed by atoms with Gasteiger partial charge in [-0.15, -0.1) is 11.3 Å². The molecule has 0 fully saturated rings. The van der Waals surface area contributed by atoms with Gasteiger partial charge in [0, 0.05) is 48.6 Å². The van der Waals surface area contributed by atoms with Gasteiger partial charge in [-0.3, -0.25) is 0 Å². The number of para-hydroxylation sites is 1. The molecule has 3 aromatic heterocycles. The Kier molecular flexibility index (Phi) is 6.64. The summed E-state index contributed by atoms with van der Waals surface area (Å²) in [5, 5.41) is 5.06. The highest BCUT2D eigenvalue weighted by Crippen LogP contribution is 2.43. The number of benzene rings is 7. The Morgan fingerprint density at radius 2 is 0.920 bits per heavy atom. The van der Waals surface area contributed by atoms with Crippen LogP contribution in [-0.2, 0) is 0 Å². The molecule has 0 atom stereocenters. The molecule has 7 aromatic carbocycles. The van der Waals surface area contributed by atoms with E-state index in [-0.39, 0.29) is 0 Å². The van der Waals surface area contributed by atoms with Crippen LogP contribution < -0.4 is 0 Å². The SMILES string of the molecule is c1ccc(-c2ccc(-c3nc(-c4ccccc4)nc(-c4cccc(-n5c6ccccc6c6ccc7c8ccccc8sc7c65)c4)n3)cc2)cc1. The van der Waals surface area contributed by atoms with E-state index in [1.54, 1.807) is 0 Å². The summed E-state index contributed by atoms with van der Waals surface area (Å²) in [5.41, 5.74) is 8.60. The van der Waals surface area contributed by atoms with Crippen LogP contribution in [0.15, 0.2) is 170 Å². The first-order chi connectivity index (χ1) is 24.8. The molecule has 50 heavy (non-hydrogen) atoms. The van der Waals surface area contributed by atoms with Crippen molar-refractivity contribution in [2.75, 3.05) is 0 Å². The third kappa shape index (κ3) is 4.71. The predicted molar refractivity (Wildman–Crippen MR) is 209 cm³/mol. The highest BCUT2D eigenvalue weighted by atomic mass is 32.1. The molecule has 0 aliphatic carbocycles. The van der Waals surface area contributed by atoms with Gasteiger partial charge in [0.2, 0.25) is 0 Å². The van der Waals surface area contributed by atoms with Gasteiger partial charge in [-0.1, -0.05) is 146 Å². The first kappa shape index (κ1) is 28.6. The van der Waals surface area contributed by atoms with E-state index in [1.807, 2.05) is 47.7 Å². The lowest BCUT2D eigenvalue weighted by atomic mass is 10.0. The first-order valence-corrected chi connectivity index (χ1v) is 17.5. The molecule has 4 nitrogen and oxygen atoms in total. The Balaban J connectivity index is 1.16. The van der Waals surface area contributed by atoms with Crippen LogP contribution in [0.25, 0.3) is 93.0 Å². The van der Waals surface area contributed by atoms with E-state index in [4.69, 9.17) is 15.0 Å². The standard InChI is InChI=1S/C45H28N4S/c1-3-12-29(13-4-1)30-22-24-32(25-23-30)44-46-43(31-14-5-2-6-15-31)47-45(48-44)33-16-11-17-34(28-33)49-39-20-9-7-18-35(39)37-26-27-38-36-19-8-10-21-40(36)50-42(38)41(37)49/h1-28H. The Morgan fingerprint density at radius 3 is 1.68 bits per heavy atom. The molecule has 10 rings (SSSR count). The van der Waals surface area contributed by atoms with Crippen molar-refractivity contribution in [3.8, 4) is 51.0 Å². The first-order valence-electron chi connectivity index (χ1n) is 16.7. The summed E-state index contributed by atoms with van der Waals surface area (Å²) in [6.45, 7) is 0. The number of hydrogen-bond acceptors (Lipinski definition) is 4. The van der Waals surface area contributed by atoms with Gasteiger partial charge in [0.15, 0.2) is 17.5 Å². The van der Waals surface area contributed by atoms with Gasteiger partial charge in [-0.25, -0.2) is 15.0 Å². The molecule has 3 heterocycles. The molecule has 0 N–H and O–H groups in total. The van der Waals surface area contributed by atoms with Gasteiger partial charge in [0.25, 0.3) is 0 Å². The second kappa shape index (κ2) is 11.6. The normalized spacial score (nSPS) is 11.6. The van der Waals surface area contributed by atoms with Crippen LogP contribution in [0, 0.1) is 0 Å². The van der Waals surface area contributed by atoms with E-state index < -0.39 is 0 Å². The zero-order valence-electron chi connectivity index (χ0n) is 26.9. The molecular weight excluding hydrogens is 629 g/mol. The molecular formula is C45H28N4S. The van der Waals surface area contributed by atoms with E-state index >= 15 is 0 Å². The van der Waals surface area contributed by atoms with Crippen LogP contribution in [0.5, 0.6) is 0 Å². The van der Waals surface area contributed by atoms with Crippen LogP contribution in [0.4, 0.5) is 0 Å². The van der Waals surface area contributed by atoms with Gasteiger partial charge in [0.05, 0.1) is 15.7 Å². The van der Waals surface area contributed by atoms with Crippen LogP contribution in [-0.4, -0.2) is 19.5 Å². The Bertz CT molecular complexity index is 2850. The van der Waals surface area contributed by atoms with Crippen molar-refractivity contribution in [2.24, 2.45) is 0 Å². The maximum atomic E-state index is 5.10. The largest absolute Gasteiger partial charge is 0.308 e. The lowest BCUT2D eigenvalue weighted by Crippen LogP contribution is -2.01. The minimum atomic E-state index is 0.635. The number of aromatic nitrogens is 4. The van der Waals surface area contributed by atoms with Gasteiger partial charge in [-0.2, -0.15) is 0 Å². The molecule has 0 aliphatic rings. The zero-order chi connectivity index (χ0) is 33.0. The molecule has 0 unspecified atom stereocenters. The smallest absolute Gasteiger partial charge is 0.164 e. The molecule has 0 amide bonds. The molecule has 0 saturated carbocycles. The van der Waals surface area contributed by atoms with Gasteiger partial charge < -0.3 is 4.57 Å². The highest BCUT2D eigenvalue weighted by Gasteiger charge is 2.19. The third-order valence-corrected chi connectivity index (χ3v) is 10.7. The van der Waals surface area contributed by atoms with Crippen molar-refractivity contribution < 1.29 is 0 Å². The second-order valence-corrected chi connectivity index (χ2v) is 13.5. The average molecular weight is 657 g/mol. The molecule has 0 radical (unpaired) electrons. The van der Waals surface area contributed by atoms with E-state index in [2.05, 4.69) is 138 Å². The monoisotopic (exact) mass is 656 g/mol. The fourth-order valence-electron chi connectivity index (χ4n) is 7.08.